The molecule has 1 saturated heterocycles. The molecule has 1 atom stereocenters. The molecule has 0 saturated carbocycles. The molecule has 0 bridgehead atoms. The van der Waals surface area contributed by atoms with Crippen LogP contribution < -0.4 is 5.32 Å². The molecule has 1 fully saturated rings. The van der Waals surface area contributed by atoms with E-state index in [0.29, 0.717) is 15.6 Å². The van der Waals surface area contributed by atoms with E-state index in [2.05, 4.69) is 38.2 Å². The van der Waals surface area contributed by atoms with Gasteiger partial charge in [-0.3, -0.25) is 9.69 Å². The molecule has 1 aliphatic heterocycles. The van der Waals surface area contributed by atoms with Crippen LogP contribution in [0.5, 0.6) is 0 Å². The molecule has 1 heterocycles. The maximum absolute atomic E-state index is 13.3. The summed E-state index contributed by atoms with van der Waals surface area (Å²) in [5, 5.41) is 3.63. The second-order valence-corrected chi connectivity index (χ2v) is 9.75. The molecule has 1 N–H and O–H groups in total. The first kappa shape index (κ1) is 21.7. The number of hydrogen-bond donors (Lipinski definition) is 1. The highest BCUT2D eigenvalue weighted by atomic mass is 35.5. The van der Waals surface area contributed by atoms with Gasteiger partial charge in [-0.15, -0.1) is 0 Å². The van der Waals surface area contributed by atoms with Crippen molar-refractivity contribution in [3.05, 3.63) is 68.2 Å². The summed E-state index contributed by atoms with van der Waals surface area (Å²) in [5.74, 6) is -0.328. The van der Waals surface area contributed by atoms with Gasteiger partial charge in [-0.05, 0) is 60.6 Å². The Balaban J connectivity index is 1.96. The number of hydrogen-bond acceptors (Lipinski definition) is 2. The van der Waals surface area contributed by atoms with Crippen molar-refractivity contribution in [2.24, 2.45) is 0 Å². The molecule has 0 aliphatic carbocycles. The molecule has 0 aromatic heterocycles. The minimum atomic E-state index is -1.23. The van der Waals surface area contributed by atoms with E-state index in [1.54, 1.807) is 25.1 Å². The molecule has 6 heteroatoms. The molecular weight excluding hydrogens is 407 g/mol. The monoisotopic (exact) mass is 432 g/mol. The fourth-order valence-electron chi connectivity index (χ4n) is 3.75. The average molecular weight is 433 g/mol. The lowest BCUT2D eigenvalue weighted by Gasteiger charge is -2.25. The number of aryl methyl sites for hydroxylation is 2. The van der Waals surface area contributed by atoms with E-state index in [9.17, 15) is 9.59 Å². The summed E-state index contributed by atoms with van der Waals surface area (Å²) < 4.78 is 0. The van der Waals surface area contributed by atoms with Crippen molar-refractivity contribution in [1.82, 2.24) is 10.2 Å². The molecule has 2 aromatic rings. The Hall–Kier alpha value is -2.04. The number of carbonyl (C=O) groups is 2. The van der Waals surface area contributed by atoms with Crippen LogP contribution in [0.3, 0.4) is 0 Å². The molecule has 2 aromatic carbocycles. The predicted molar refractivity (Wildman–Crippen MR) is 118 cm³/mol. The Morgan fingerprint density at radius 1 is 1.03 bits per heavy atom. The Labute approximate surface area is 182 Å². The van der Waals surface area contributed by atoms with Crippen LogP contribution in [0, 0.1) is 13.8 Å². The fraction of sp³-hybridized carbons (Fsp3) is 0.391. The fourth-order valence-corrected chi connectivity index (χ4v) is 4.35. The number of imide groups is 1. The lowest BCUT2D eigenvalue weighted by molar-refractivity contribution is -0.131. The Kier molecular flexibility index (Phi) is 5.48. The molecule has 0 spiro atoms. The summed E-state index contributed by atoms with van der Waals surface area (Å²) in [4.78, 5) is 27.3. The Bertz CT molecular complexity index is 987. The molecule has 0 radical (unpaired) electrons. The third kappa shape index (κ3) is 3.88. The summed E-state index contributed by atoms with van der Waals surface area (Å²) in [6.07, 6.45) is 0. The zero-order valence-electron chi connectivity index (χ0n) is 17.6. The van der Waals surface area contributed by atoms with Crippen molar-refractivity contribution in [3.63, 3.8) is 0 Å². The molecule has 29 heavy (non-hydrogen) atoms. The summed E-state index contributed by atoms with van der Waals surface area (Å²) in [6.45, 7) is 12.4. The van der Waals surface area contributed by atoms with E-state index >= 15 is 0 Å². The number of halogens is 2. The van der Waals surface area contributed by atoms with Crippen LogP contribution in [-0.2, 0) is 22.3 Å². The van der Waals surface area contributed by atoms with Gasteiger partial charge in [0.1, 0.15) is 5.54 Å². The van der Waals surface area contributed by atoms with Crippen LogP contribution in [0.4, 0.5) is 4.79 Å². The van der Waals surface area contributed by atoms with Gasteiger partial charge in [-0.2, -0.15) is 0 Å². The Morgan fingerprint density at radius 3 is 2.14 bits per heavy atom. The summed E-state index contributed by atoms with van der Waals surface area (Å²) in [6, 6.07) is 8.76. The van der Waals surface area contributed by atoms with Crippen molar-refractivity contribution in [1.29, 1.82) is 0 Å². The van der Waals surface area contributed by atoms with E-state index in [0.717, 1.165) is 16.7 Å². The Morgan fingerprint density at radius 2 is 1.62 bits per heavy atom. The van der Waals surface area contributed by atoms with Gasteiger partial charge in [0.2, 0.25) is 0 Å². The van der Waals surface area contributed by atoms with E-state index < -0.39 is 11.6 Å². The van der Waals surface area contributed by atoms with Crippen molar-refractivity contribution in [2.45, 2.75) is 59.0 Å². The smallest absolute Gasteiger partial charge is 0.319 e. The molecule has 4 nitrogen and oxygen atoms in total. The van der Waals surface area contributed by atoms with Gasteiger partial charge in [0.15, 0.2) is 0 Å². The number of nitrogens with one attached hydrogen (secondary N) is 1. The van der Waals surface area contributed by atoms with Gasteiger partial charge in [0, 0.05) is 15.6 Å². The highest BCUT2D eigenvalue weighted by molar-refractivity contribution is 6.35. The molecule has 154 valence electrons. The first-order chi connectivity index (χ1) is 13.3. The van der Waals surface area contributed by atoms with Crippen LogP contribution in [0.25, 0.3) is 0 Å². The number of nitrogens with zero attached hydrogens (tertiary/aromatic N) is 1. The highest BCUT2D eigenvalue weighted by Crippen LogP contribution is 2.36. The number of benzene rings is 2. The highest BCUT2D eigenvalue weighted by Gasteiger charge is 2.50. The van der Waals surface area contributed by atoms with Gasteiger partial charge < -0.3 is 5.32 Å². The van der Waals surface area contributed by atoms with Crippen LogP contribution in [0.15, 0.2) is 30.3 Å². The van der Waals surface area contributed by atoms with Gasteiger partial charge >= 0.3 is 6.03 Å². The topological polar surface area (TPSA) is 49.4 Å². The summed E-state index contributed by atoms with van der Waals surface area (Å²) in [7, 11) is 0. The van der Waals surface area contributed by atoms with Gasteiger partial charge in [-0.25, -0.2) is 4.79 Å². The average Bonchev–Trinajstić information content (AvgIpc) is 2.80. The third-order valence-electron chi connectivity index (χ3n) is 5.62. The van der Waals surface area contributed by atoms with Crippen molar-refractivity contribution in [3.8, 4) is 0 Å². The number of rotatable bonds is 3. The van der Waals surface area contributed by atoms with Crippen LogP contribution >= 0.6 is 23.2 Å². The van der Waals surface area contributed by atoms with Gasteiger partial charge in [0.25, 0.3) is 5.91 Å². The predicted octanol–water partition coefficient (Wildman–Crippen LogP) is 5.87. The second-order valence-electron chi connectivity index (χ2n) is 8.91. The van der Waals surface area contributed by atoms with Gasteiger partial charge in [0.05, 0.1) is 6.54 Å². The molecule has 3 rings (SSSR count). The number of carbonyl (C=O) groups excluding carboxylic acids is 2. The maximum atomic E-state index is 13.3. The second kappa shape index (κ2) is 7.33. The lowest BCUT2D eigenvalue weighted by atomic mass is 9.83. The largest absolute Gasteiger partial charge is 0.325 e. The van der Waals surface area contributed by atoms with Crippen molar-refractivity contribution < 1.29 is 9.59 Å². The lowest BCUT2D eigenvalue weighted by Crippen LogP contribution is -2.41. The third-order valence-corrected chi connectivity index (χ3v) is 6.17. The minimum Gasteiger partial charge on any atom is -0.319 e. The van der Waals surface area contributed by atoms with E-state index in [-0.39, 0.29) is 17.9 Å². The van der Waals surface area contributed by atoms with Crippen LogP contribution in [0.1, 0.15) is 55.5 Å². The van der Waals surface area contributed by atoms with Crippen LogP contribution in [0.2, 0.25) is 10.0 Å². The van der Waals surface area contributed by atoms with Crippen molar-refractivity contribution >= 4 is 35.1 Å². The summed E-state index contributed by atoms with van der Waals surface area (Å²) >= 11 is 12.3. The standard InChI is InChI=1S/C23H26Cl2N2O2/c1-13-9-15(22(3,4)5)10-14(2)17(13)12-27-20(28)23(6,26-21(27)29)18-8-7-16(24)11-19(18)25/h7-11H,12H2,1-6H3,(H,26,29). The normalized spacial score (nSPS) is 19.7. The molecular formula is C23H26Cl2N2O2. The van der Waals surface area contributed by atoms with E-state index in [4.69, 9.17) is 23.2 Å². The zero-order chi connectivity index (χ0) is 21.7. The molecule has 3 amide bonds. The van der Waals surface area contributed by atoms with E-state index in [1.807, 2.05) is 13.8 Å². The van der Waals surface area contributed by atoms with Crippen molar-refractivity contribution in [2.75, 3.05) is 0 Å². The molecule has 1 unspecified atom stereocenters. The number of amides is 3. The maximum Gasteiger partial charge on any atom is 0.325 e. The number of urea groups is 1. The molecule has 1 aliphatic rings. The minimum absolute atomic E-state index is 0.0266. The summed E-state index contributed by atoms with van der Waals surface area (Å²) in [5.41, 5.74) is 3.66. The van der Waals surface area contributed by atoms with E-state index in [1.165, 1.54) is 10.5 Å². The SMILES string of the molecule is Cc1cc(C(C)(C)C)cc(C)c1CN1C(=O)NC(C)(c2ccc(Cl)cc2Cl)C1=O. The van der Waals surface area contributed by atoms with Crippen LogP contribution in [-0.4, -0.2) is 16.8 Å². The van der Waals surface area contributed by atoms with Gasteiger partial charge in [-0.1, -0.05) is 62.2 Å². The zero-order valence-corrected chi connectivity index (χ0v) is 19.1. The quantitative estimate of drug-likeness (QED) is 0.615. The first-order valence-electron chi connectivity index (χ1n) is 9.55. The first-order valence-corrected chi connectivity index (χ1v) is 10.3.